The molecule has 20 heavy (non-hydrogen) atoms. The minimum absolute atomic E-state index is 0.552. The summed E-state index contributed by atoms with van der Waals surface area (Å²) >= 11 is 0. The first-order chi connectivity index (χ1) is 9.60. The summed E-state index contributed by atoms with van der Waals surface area (Å²) in [7, 11) is 0. The van der Waals surface area contributed by atoms with E-state index >= 15 is 0 Å². The number of hydrogen-bond donors (Lipinski definition) is 1. The molecule has 2 rings (SSSR count). The van der Waals surface area contributed by atoms with Crippen LogP contribution in [0.15, 0.2) is 30.3 Å². The van der Waals surface area contributed by atoms with Gasteiger partial charge in [-0.1, -0.05) is 38.1 Å². The maximum absolute atomic E-state index is 5.55. The molecule has 2 aromatic rings. The van der Waals surface area contributed by atoms with Crippen molar-refractivity contribution in [3.05, 3.63) is 47.4 Å². The van der Waals surface area contributed by atoms with Gasteiger partial charge in [-0.25, -0.2) is 9.97 Å². The molecule has 0 unspecified atom stereocenters. The Morgan fingerprint density at radius 3 is 2.40 bits per heavy atom. The fraction of sp³-hybridized carbons (Fsp3) is 0.412. The van der Waals surface area contributed by atoms with Gasteiger partial charge >= 0.3 is 0 Å². The molecule has 1 aromatic heterocycles. The SMILES string of the molecule is Cc1cc(-c2ccc(C(C)C)cc2)nc(CCCN)n1. The molecule has 0 amide bonds. The van der Waals surface area contributed by atoms with Crippen LogP contribution in [0.4, 0.5) is 0 Å². The minimum atomic E-state index is 0.552. The van der Waals surface area contributed by atoms with Crippen LogP contribution in [0, 0.1) is 6.92 Å². The van der Waals surface area contributed by atoms with Gasteiger partial charge in [0.25, 0.3) is 0 Å². The lowest BCUT2D eigenvalue weighted by molar-refractivity contribution is 0.776. The van der Waals surface area contributed by atoms with Crippen LogP contribution in [-0.2, 0) is 6.42 Å². The van der Waals surface area contributed by atoms with Crippen LogP contribution in [0.3, 0.4) is 0 Å². The third-order valence-corrected chi connectivity index (χ3v) is 3.38. The Hall–Kier alpha value is -1.74. The summed E-state index contributed by atoms with van der Waals surface area (Å²) in [4.78, 5) is 9.13. The lowest BCUT2D eigenvalue weighted by Crippen LogP contribution is -2.04. The Morgan fingerprint density at radius 1 is 1.10 bits per heavy atom. The van der Waals surface area contributed by atoms with Gasteiger partial charge in [0, 0.05) is 17.7 Å². The smallest absolute Gasteiger partial charge is 0.129 e. The molecular weight excluding hydrogens is 246 g/mol. The molecule has 0 saturated carbocycles. The summed E-state index contributed by atoms with van der Waals surface area (Å²) in [6, 6.07) is 10.7. The quantitative estimate of drug-likeness (QED) is 0.904. The molecule has 3 heteroatoms. The Labute approximate surface area is 121 Å². The molecule has 0 saturated heterocycles. The summed E-state index contributed by atoms with van der Waals surface area (Å²) < 4.78 is 0. The number of nitrogens with two attached hydrogens (primary N) is 1. The lowest BCUT2D eigenvalue weighted by Gasteiger charge is -2.08. The lowest BCUT2D eigenvalue weighted by atomic mass is 10.0. The van der Waals surface area contributed by atoms with Gasteiger partial charge in [-0.05, 0) is 37.4 Å². The largest absolute Gasteiger partial charge is 0.330 e. The summed E-state index contributed by atoms with van der Waals surface area (Å²) in [5.74, 6) is 1.44. The molecule has 1 heterocycles. The first-order valence-electron chi connectivity index (χ1n) is 7.25. The summed E-state index contributed by atoms with van der Waals surface area (Å²) in [6.07, 6.45) is 1.77. The van der Waals surface area contributed by atoms with Crippen molar-refractivity contribution >= 4 is 0 Å². The van der Waals surface area contributed by atoms with E-state index in [0.717, 1.165) is 35.6 Å². The first-order valence-corrected chi connectivity index (χ1v) is 7.25. The fourth-order valence-electron chi connectivity index (χ4n) is 2.19. The van der Waals surface area contributed by atoms with Crippen molar-refractivity contribution in [2.45, 2.75) is 39.5 Å². The number of nitrogens with zero attached hydrogens (tertiary/aromatic N) is 2. The predicted molar refractivity (Wildman–Crippen MR) is 83.7 cm³/mol. The zero-order valence-electron chi connectivity index (χ0n) is 12.6. The van der Waals surface area contributed by atoms with Crippen molar-refractivity contribution in [2.75, 3.05) is 6.54 Å². The maximum Gasteiger partial charge on any atom is 0.129 e. The van der Waals surface area contributed by atoms with E-state index in [1.807, 2.05) is 13.0 Å². The van der Waals surface area contributed by atoms with E-state index in [1.165, 1.54) is 5.56 Å². The second-order valence-corrected chi connectivity index (χ2v) is 5.48. The molecule has 0 radical (unpaired) electrons. The number of hydrogen-bond acceptors (Lipinski definition) is 3. The van der Waals surface area contributed by atoms with Gasteiger partial charge in [0.2, 0.25) is 0 Å². The van der Waals surface area contributed by atoms with E-state index < -0.39 is 0 Å². The van der Waals surface area contributed by atoms with Crippen molar-refractivity contribution in [1.82, 2.24) is 9.97 Å². The van der Waals surface area contributed by atoms with E-state index in [2.05, 4.69) is 48.1 Å². The molecular formula is C17H23N3. The summed E-state index contributed by atoms with van der Waals surface area (Å²) in [5, 5.41) is 0. The molecule has 106 valence electrons. The van der Waals surface area contributed by atoms with Gasteiger partial charge in [-0.3, -0.25) is 0 Å². The van der Waals surface area contributed by atoms with E-state index in [9.17, 15) is 0 Å². The van der Waals surface area contributed by atoms with Crippen LogP contribution in [0.5, 0.6) is 0 Å². The molecule has 0 atom stereocenters. The van der Waals surface area contributed by atoms with Gasteiger partial charge < -0.3 is 5.73 Å². The average molecular weight is 269 g/mol. The zero-order valence-corrected chi connectivity index (χ0v) is 12.6. The van der Waals surface area contributed by atoms with Crippen LogP contribution in [0.2, 0.25) is 0 Å². The van der Waals surface area contributed by atoms with E-state index in [1.54, 1.807) is 0 Å². The van der Waals surface area contributed by atoms with Gasteiger partial charge in [-0.15, -0.1) is 0 Å². The summed E-state index contributed by atoms with van der Waals surface area (Å²) in [6.45, 7) is 7.10. The van der Waals surface area contributed by atoms with Gasteiger partial charge in [0.05, 0.1) is 5.69 Å². The molecule has 0 fully saturated rings. The molecule has 2 N–H and O–H groups in total. The van der Waals surface area contributed by atoms with Crippen molar-refractivity contribution in [1.29, 1.82) is 0 Å². The zero-order chi connectivity index (χ0) is 14.5. The van der Waals surface area contributed by atoms with Crippen molar-refractivity contribution in [3.63, 3.8) is 0 Å². The minimum Gasteiger partial charge on any atom is -0.330 e. The van der Waals surface area contributed by atoms with Gasteiger partial charge in [0.15, 0.2) is 0 Å². The first kappa shape index (κ1) is 14.7. The normalized spacial score (nSPS) is 11.1. The van der Waals surface area contributed by atoms with Crippen LogP contribution < -0.4 is 5.73 Å². The number of aryl methyl sites for hydroxylation is 2. The van der Waals surface area contributed by atoms with Gasteiger partial charge in [0.1, 0.15) is 5.82 Å². The molecule has 1 aromatic carbocycles. The highest BCUT2D eigenvalue weighted by atomic mass is 14.9. The third kappa shape index (κ3) is 3.64. The average Bonchev–Trinajstić information content (AvgIpc) is 2.44. The monoisotopic (exact) mass is 269 g/mol. The van der Waals surface area contributed by atoms with Gasteiger partial charge in [-0.2, -0.15) is 0 Å². The maximum atomic E-state index is 5.55. The Morgan fingerprint density at radius 2 is 1.80 bits per heavy atom. The van der Waals surface area contributed by atoms with Crippen molar-refractivity contribution < 1.29 is 0 Å². The summed E-state index contributed by atoms with van der Waals surface area (Å²) in [5.41, 5.74) is 10.1. The number of rotatable bonds is 5. The highest BCUT2D eigenvalue weighted by Crippen LogP contribution is 2.22. The highest BCUT2D eigenvalue weighted by molar-refractivity contribution is 5.59. The second kappa shape index (κ2) is 6.62. The standard InChI is InChI=1S/C17H23N3/c1-12(2)14-6-8-15(9-7-14)16-11-13(3)19-17(20-16)5-4-10-18/h6-9,11-12H,4-5,10,18H2,1-3H3. The van der Waals surface area contributed by atoms with Crippen LogP contribution in [-0.4, -0.2) is 16.5 Å². The van der Waals surface area contributed by atoms with Crippen molar-refractivity contribution in [3.8, 4) is 11.3 Å². The van der Waals surface area contributed by atoms with Crippen LogP contribution >= 0.6 is 0 Å². The molecule has 0 aliphatic carbocycles. The van der Waals surface area contributed by atoms with Crippen LogP contribution in [0.25, 0.3) is 11.3 Å². The third-order valence-electron chi connectivity index (χ3n) is 3.38. The Kier molecular flexibility index (Phi) is 4.85. The van der Waals surface area contributed by atoms with Crippen LogP contribution in [0.1, 0.15) is 43.3 Å². The Bertz CT molecular complexity index is 559. The Balaban J connectivity index is 2.29. The van der Waals surface area contributed by atoms with Crippen molar-refractivity contribution in [2.24, 2.45) is 5.73 Å². The highest BCUT2D eigenvalue weighted by Gasteiger charge is 2.06. The topological polar surface area (TPSA) is 51.8 Å². The molecule has 3 nitrogen and oxygen atoms in total. The predicted octanol–water partition coefficient (Wildman–Crippen LogP) is 3.47. The molecule has 0 aliphatic rings. The van der Waals surface area contributed by atoms with E-state index in [0.29, 0.717) is 12.5 Å². The molecule has 0 aliphatic heterocycles. The second-order valence-electron chi connectivity index (χ2n) is 5.48. The molecule has 0 spiro atoms. The number of benzene rings is 1. The van der Waals surface area contributed by atoms with E-state index in [4.69, 9.17) is 5.73 Å². The fourth-order valence-corrected chi connectivity index (χ4v) is 2.19. The van der Waals surface area contributed by atoms with E-state index in [-0.39, 0.29) is 0 Å². The number of aromatic nitrogens is 2. The molecule has 0 bridgehead atoms.